The maximum Gasteiger partial charge on any atom is 0.307 e. The van der Waals surface area contributed by atoms with Crippen LogP contribution in [0.25, 0.3) is 10.2 Å². The molecule has 1 aliphatic rings. The van der Waals surface area contributed by atoms with E-state index in [9.17, 15) is 4.79 Å². The zero-order valence-corrected chi connectivity index (χ0v) is 14.3. The van der Waals surface area contributed by atoms with Gasteiger partial charge in [-0.05, 0) is 31.5 Å². The summed E-state index contributed by atoms with van der Waals surface area (Å²) in [5.74, 6) is 0. The van der Waals surface area contributed by atoms with E-state index in [1.54, 1.807) is 4.57 Å². The van der Waals surface area contributed by atoms with Crippen molar-refractivity contribution < 1.29 is 0 Å². The second-order valence-corrected chi connectivity index (χ2v) is 6.81. The number of hydrogen-bond acceptors (Lipinski definition) is 4. The van der Waals surface area contributed by atoms with Crippen LogP contribution < -0.4 is 10.2 Å². The van der Waals surface area contributed by atoms with Crippen LogP contribution in [0, 0.1) is 0 Å². The number of halogens is 1. The van der Waals surface area contributed by atoms with E-state index in [0.29, 0.717) is 12.1 Å². The van der Waals surface area contributed by atoms with E-state index in [-0.39, 0.29) is 17.3 Å². The van der Waals surface area contributed by atoms with Crippen molar-refractivity contribution in [1.82, 2.24) is 14.8 Å². The zero-order chi connectivity index (χ0) is 14.3. The third kappa shape index (κ3) is 3.31. The van der Waals surface area contributed by atoms with Gasteiger partial charge < -0.3 is 9.88 Å². The standard InChI is InChI=1S/C15H21N3OS.ClH/c1-10-8-18(11(2)7-16-10)9-12-4-5-13-14(6-12)20-15(19)17(13)3;/h4-6,10-11,16H,7-9H2,1-3H3;1H. The lowest BCUT2D eigenvalue weighted by atomic mass is 10.1. The van der Waals surface area contributed by atoms with Crippen LogP contribution in [-0.4, -0.2) is 34.6 Å². The van der Waals surface area contributed by atoms with Crippen LogP contribution in [-0.2, 0) is 13.6 Å². The summed E-state index contributed by atoms with van der Waals surface area (Å²) in [6, 6.07) is 7.48. The number of nitrogens with one attached hydrogen (secondary N) is 1. The molecular formula is C15H22ClN3OS. The van der Waals surface area contributed by atoms with Gasteiger partial charge in [0.2, 0.25) is 0 Å². The predicted octanol–water partition coefficient (Wildman–Crippen LogP) is 2.20. The van der Waals surface area contributed by atoms with E-state index < -0.39 is 0 Å². The lowest BCUT2D eigenvalue weighted by molar-refractivity contribution is 0.139. The minimum atomic E-state index is 0. The van der Waals surface area contributed by atoms with Gasteiger partial charge in [0.05, 0.1) is 10.2 Å². The van der Waals surface area contributed by atoms with E-state index in [2.05, 4.69) is 42.3 Å². The highest BCUT2D eigenvalue weighted by Crippen LogP contribution is 2.20. The van der Waals surface area contributed by atoms with Crippen molar-refractivity contribution in [3.05, 3.63) is 33.4 Å². The molecule has 2 aromatic rings. The van der Waals surface area contributed by atoms with E-state index in [4.69, 9.17) is 0 Å². The largest absolute Gasteiger partial charge is 0.311 e. The van der Waals surface area contributed by atoms with Gasteiger partial charge in [0.1, 0.15) is 0 Å². The molecule has 6 heteroatoms. The molecule has 0 spiro atoms. The maximum absolute atomic E-state index is 11.7. The lowest BCUT2D eigenvalue weighted by Crippen LogP contribution is -2.53. The molecule has 1 aromatic carbocycles. The van der Waals surface area contributed by atoms with E-state index in [1.165, 1.54) is 16.9 Å². The second-order valence-electron chi connectivity index (χ2n) is 5.82. The van der Waals surface area contributed by atoms with Gasteiger partial charge >= 0.3 is 4.87 Å². The van der Waals surface area contributed by atoms with Crippen molar-refractivity contribution in [3.63, 3.8) is 0 Å². The molecule has 0 radical (unpaired) electrons. The van der Waals surface area contributed by atoms with Gasteiger partial charge in [0.15, 0.2) is 0 Å². The first kappa shape index (κ1) is 16.5. The quantitative estimate of drug-likeness (QED) is 0.919. The number of benzene rings is 1. The van der Waals surface area contributed by atoms with Crippen LogP contribution in [0.1, 0.15) is 19.4 Å². The Hall–Kier alpha value is -0.880. The number of hydrogen-bond donors (Lipinski definition) is 1. The van der Waals surface area contributed by atoms with Crippen molar-refractivity contribution in [2.24, 2.45) is 7.05 Å². The molecule has 0 amide bonds. The van der Waals surface area contributed by atoms with Gasteiger partial charge in [-0.3, -0.25) is 9.69 Å². The van der Waals surface area contributed by atoms with Gasteiger partial charge in [-0.2, -0.15) is 0 Å². The van der Waals surface area contributed by atoms with Crippen molar-refractivity contribution in [3.8, 4) is 0 Å². The molecule has 116 valence electrons. The van der Waals surface area contributed by atoms with Crippen molar-refractivity contribution in [1.29, 1.82) is 0 Å². The van der Waals surface area contributed by atoms with Crippen LogP contribution in [0.2, 0.25) is 0 Å². The third-order valence-electron chi connectivity index (χ3n) is 4.14. The highest BCUT2D eigenvalue weighted by atomic mass is 35.5. The van der Waals surface area contributed by atoms with E-state index >= 15 is 0 Å². The van der Waals surface area contributed by atoms with Gasteiger partial charge in [-0.1, -0.05) is 17.4 Å². The van der Waals surface area contributed by atoms with Crippen LogP contribution in [0.15, 0.2) is 23.0 Å². The van der Waals surface area contributed by atoms with E-state index in [0.717, 1.165) is 29.9 Å². The molecule has 0 aliphatic carbocycles. The van der Waals surface area contributed by atoms with Gasteiger partial charge in [0, 0.05) is 38.8 Å². The average Bonchev–Trinajstić information content (AvgIpc) is 2.69. The fourth-order valence-corrected chi connectivity index (χ4v) is 3.77. The number of aromatic nitrogens is 1. The summed E-state index contributed by atoms with van der Waals surface area (Å²) in [6.07, 6.45) is 0. The highest BCUT2D eigenvalue weighted by molar-refractivity contribution is 7.16. The summed E-state index contributed by atoms with van der Waals surface area (Å²) in [6.45, 7) is 7.56. The first-order valence-electron chi connectivity index (χ1n) is 7.10. The Morgan fingerprint density at radius 1 is 1.38 bits per heavy atom. The molecule has 21 heavy (non-hydrogen) atoms. The molecule has 1 aliphatic heterocycles. The molecule has 1 fully saturated rings. The highest BCUT2D eigenvalue weighted by Gasteiger charge is 2.22. The molecule has 2 atom stereocenters. The Bertz CT molecular complexity index is 681. The van der Waals surface area contributed by atoms with Crippen molar-refractivity contribution in [2.45, 2.75) is 32.5 Å². The summed E-state index contributed by atoms with van der Waals surface area (Å²) in [4.78, 5) is 14.3. The monoisotopic (exact) mass is 327 g/mol. The fraction of sp³-hybridized carbons (Fsp3) is 0.533. The Morgan fingerprint density at radius 3 is 2.90 bits per heavy atom. The molecule has 1 N–H and O–H groups in total. The van der Waals surface area contributed by atoms with Crippen LogP contribution >= 0.6 is 23.7 Å². The van der Waals surface area contributed by atoms with Gasteiger partial charge in [0.25, 0.3) is 0 Å². The minimum absolute atomic E-state index is 0. The molecule has 0 bridgehead atoms. The molecule has 2 unspecified atom stereocenters. The van der Waals surface area contributed by atoms with Gasteiger partial charge in [-0.25, -0.2) is 0 Å². The van der Waals surface area contributed by atoms with Crippen LogP contribution in [0.5, 0.6) is 0 Å². The Balaban J connectivity index is 0.00000161. The fourth-order valence-electron chi connectivity index (χ4n) is 2.83. The summed E-state index contributed by atoms with van der Waals surface area (Å²) in [5, 5.41) is 3.50. The maximum atomic E-state index is 11.7. The third-order valence-corrected chi connectivity index (χ3v) is 5.13. The summed E-state index contributed by atoms with van der Waals surface area (Å²) >= 11 is 1.33. The van der Waals surface area contributed by atoms with Crippen molar-refractivity contribution in [2.75, 3.05) is 13.1 Å². The number of piperazine rings is 1. The molecule has 0 saturated carbocycles. The molecule has 3 rings (SSSR count). The minimum Gasteiger partial charge on any atom is -0.311 e. The number of fused-ring (bicyclic) bond motifs is 1. The first-order chi connectivity index (χ1) is 9.54. The Kier molecular flexibility index (Phi) is 5.09. The number of nitrogens with zero attached hydrogens (tertiary/aromatic N) is 2. The van der Waals surface area contributed by atoms with E-state index in [1.807, 2.05) is 7.05 Å². The summed E-state index contributed by atoms with van der Waals surface area (Å²) in [5.41, 5.74) is 2.32. The Labute approximate surface area is 135 Å². The average molecular weight is 328 g/mol. The number of rotatable bonds is 2. The molecular weight excluding hydrogens is 306 g/mol. The van der Waals surface area contributed by atoms with Crippen LogP contribution in [0.4, 0.5) is 0 Å². The zero-order valence-electron chi connectivity index (χ0n) is 12.6. The molecule has 1 aromatic heterocycles. The smallest absolute Gasteiger partial charge is 0.307 e. The molecule has 1 saturated heterocycles. The summed E-state index contributed by atoms with van der Waals surface area (Å²) in [7, 11) is 1.83. The van der Waals surface area contributed by atoms with Gasteiger partial charge in [-0.15, -0.1) is 12.4 Å². The molecule has 2 heterocycles. The molecule has 4 nitrogen and oxygen atoms in total. The number of thiazole rings is 1. The Morgan fingerprint density at radius 2 is 2.14 bits per heavy atom. The predicted molar refractivity (Wildman–Crippen MR) is 91.7 cm³/mol. The SMILES string of the molecule is CC1CN(Cc2ccc3c(c2)sc(=O)n3C)C(C)CN1.Cl. The normalized spacial score (nSPS) is 23.2. The summed E-state index contributed by atoms with van der Waals surface area (Å²) < 4.78 is 2.81. The van der Waals surface area contributed by atoms with Crippen LogP contribution in [0.3, 0.4) is 0 Å². The number of aryl methyl sites for hydroxylation is 1. The second kappa shape index (κ2) is 6.48. The first-order valence-corrected chi connectivity index (χ1v) is 7.92. The lowest BCUT2D eigenvalue weighted by Gasteiger charge is -2.37. The van der Waals surface area contributed by atoms with Crippen molar-refractivity contribution >= 4 is 34.0 Å². The topological polar surface area (TPSA) is 37.3 Å².